The third-order valence-electron chi connectivity index (χ3n) is 0.743. The van der Waals surface area contributed by atoms with Gasteiger partial charge in [0.2, 0.25) is 0 Å². The van der Waals surface area contributed by atoms with Crippen molar-refractivity contribution in [3.05, 3.63) is 24.0 Å². The molecule has 0 aromatic heterocycles. The molecule has 0 aromatic carbocycles. The first-order valence-corrected chi connectivity index (χ1v) is 2.14. The second kappa shape index (κ2) is 1.94. The molecule has 0 spiro atoms. The van der Waals surface area contributed by atoms with E-state index in [1.165, 1.54) is 0 Å². The van der Waals surface area contributed by atoms with E-state index in [0.717, 1.165) is 12.2 Å². The summed E-state index contributed by atoms with van der Waals surface area (Å²) in [6, 6.07) is -0.730. The highest BCUT2D eigenvalue weighted by Gasteiger charge is 2.02. The Balaban J connectivity index is 2.65. The van der Waals surface area contributed by atoms with Crippen LogP contribution in [-0.4, -0.2) is 6.61 Å². The molecular weight excluding hydrogens is 114 g/mol. The Morgan fingerprint density at radius 1 is 1.38 bits per heavy atom. The van der Waals surface area contributed by atoms with Crippen molar-refractivity contribution in [1.82, 2.24) is 0 Å². The minimum Gasteiger partial charge on any atom is -0.463 e. The molecule has 0 amide bonds. The third kappa shape index (κ3) is 1.05. The summed E-state index contributed by atoms with van der Waals surface area (Å²) < 4.78 is 27.8. The summed E-state index contributed by atoms with van der Waals surface area (Å²) in [4.78, 5) is 0. The lowest BCUT2D eigenvalue weighted by molar-refractivity contribution is 0.147. The maximum absolute atomic E-state index is 11.9. The summed E-state index contributed by atoms with van der Waals surface area (Å²) in [6.07, 6.45) is 1.98. The van der Waals surface area contributed by atoms with Gasteiger partial charge in [0.15, 0.2) is 0 Å². The molecule has 0 bridgehead atoms. The van der Waals surface area contributed by atoms with E-state index in [9.17, 15) is 8.78 Å². The molecule has 0 aliphatic carbocycles. The molecule has 1 aliphatic heterocycles. The van der Waals surface area contributed by atoms with Gasteiger partial charge in [0.1, 0.15) is 12.4 Å². The van der Waals surface area contributed by atoms with Gasteiger partial charge in [-0.25, -0.2) is 4.39 Å². The van der Waals surface area contributed by atoms with E-state index in [2.05, 4.69) is 4.74 Å². The summed E-state index contributed by atoms with van der Waals surface area (Å²) >= 11 is 0. The topological polar surface area (TPSA) is 9.23 Å². The van der Waals surface area contributed by atoms with Crippen LogP contribution in [0.25, 0.3) is 0 Å². The molecule has 1 nitrogen and oxygen atoms in total. The maximum Gasteiger partial charge on any atom is 0.273 e. The van der Waals surface area contributed by atoms with Gasteiger partial charge in [0.05, 0.1) is 0 Å². The van der Waals surface area contributed by atoms with Crippen LogP contribution >= 0.6 is 0 Å². The Bertz CT molecular complexity index is 131. The molecule has 1 aliphatic rings. The van der Waals surface area contributed by atoms with E-state index < -0.39 is 11.8 Å². The standard InChI is InChI=1S/C5H4F2O/c6-4-1-2-5(7)8-3-4/h1-2H,3H2. The van der Waals surface area contributed by atoms with Crippen LogP contribution in [-0.2, 0) is 4.74 Å². The average Bonchev–Trinajstić information content (AvgIpc) is 1.77. The van der Waals surface area contributed by atoms with E-state index in [0.29, 0.717) is 0 Å². The Labute approximate surface area is 45.3 Å². The van der Waals surface area contributed by atoms with Gasteiger partial charge in [-0.15, -0.1) is 0 Å². The molecule has 0 fully saturated rings. The lowest BCUT2D eigenvalue weighted by Crippen LogP contribution is -1.95. The van der Waals surface area contributed by atoms with Crippen LogP contribution in [0, 0.1) is 0 Å². The number of hydrogen-bond donors (Lipinski definition) is 0. The van der Waals surface area contributed by atoms with Crippen molar-refractivity contribution in [2.75, 3.05) is 6.61 Å². The number of hydrogen-bond acceptors (Lipinski definition) is 1. The van der Waals surface area contributed by atoms with Crippen molar-refractivity contribution in [3.63, 3.8) is 0 Å². The van der Waals surface area contributed by atoms with E-state index in [-0.39, 0.29) is 6.61 Å². The monoisotopic (exact) mass is 118 g/mol. The number of halogens is 2. The molecular formula is C5H4F2O. The van der Waals surface area contributed by atoms with Gasteiger partial charge >= 0.3 is 0 Å². The molecule has 44 valence electrons. The van der Waals surface area contributed by atoms with Crippen molar-refractivity contribution < 1.29 is 13.5 Å². The van der Waals surface area contributed by atoms with Gasteiger partial charge in [-0.1, -0.05) is 0 Å². The lowest BCUT2D eigenvalue weighted by atomic mass is 10.4. The van der Waals surface area contributed by atoms with Crippen LogP contribution in [0.1, 0.15) is 0 Å². The highest BCUT2D eigenvalue weighted by molar-refractivity contribution is 5.11. The zero-order valence-corrected chi connectivity index (χ0v) is 4.03. The van der Waals surface area contributed by atoms with Crippen molar-refractivity contribution in [2.45, 2.75) is 0 Å². The number of rotatable bonds is 0. The van der Waals surface area contributed by atoms with Crippen molar-refractivity contribution in [3.8, 4) is 0 Å². The second-order valence-electron chi connectivity index (χ2n) is 1.37. The van der Waals surface area contributed by atoms with Crippen LogP contribution in [0.4, 0.5) is 8.78 Å². The van der Waals surface area contributed by atoms with Crippen LogP contribution in [0.2, 0.25) is 0 Å². The molecule has 3 heteroatoms. The fourth-order valence-corrected chi connectivity index (χ4v) is 0.390. The summed E-state index contributed by atoms with van der Waals surface area (Å²) in [7, 11) is 0. The SMILES string of the molecule is FC1=CC=C(F)OC1. The third-order valence-corrected chi connectivity index (χ3v) is 0.743. The Hall–Kier alpha value is -0.860. The molecule has 0 radical (unpaired) electrons. The highest BCUT2D eigenvalue weighted by Crippen LogP contribution is 2.10. The lowest BCUT2D eigenvalue weighted by Gasteiger charge is -2.03. The largest absolute Gasteiger partial charge is 0.463 e. The predicted octanol–water partition coefficient (Wildman–Crippen LogP) is 1.68. The Morgan fingerprint density at radius 2 is 2.12 bits per heavy atom. The Kier molecular flexibility index (Phi) is 1.28. The Morgan fingerprint density at radius 3 is 2.50 bits per heavy atom. The number of allylic oxidation sites excluding steroid dienone is 2. The van der Waals surface area contributed by atoms with Gasteiger partial charge in [0.25, 0.3) is 6.01 Å². The fourth-order valence-electron chi connectivity index (χ4n) is 0.390. The van der Waals surface area contributed by atoms with Gasteiger partial charge < -0.3 is 4.74 Å². The first-order chi connectivity index (χ1) is 3.79. The molecule has 1 rings (SSSR count). The van der Waals surface area contributed by atoms with E-state index in [4.69, 9.17) is 0 Å². The second-order valence-corrected chi connectivity index (χ2v) is 1.37. The molecule has 0 unspecified atom stereocenters. The molecule has 0 saturated heterocycles. The van der Waals surface area contributed by atoms with Crippen molar-refractivity contribution >= 4 is 0 Å². The molecule has 8 heavy (non-hydrogen) atoms. The van der Waals surface area contributed by atoms with E-state index in [1.807, 2.05) is 0 Å². The fraction of sp³-hybridized carbons (Fsp3) is 0.200. The van der Waals surface area contributed by atoms with E-state index in [1.54, 1.807) is 0 Å². The normalized spacial score (nSPS) is 18.8. The van der Waals surface area contributed by atoms with Crippen LogP contribution in [0.15, 0.2) is 24.0 Å². The zero-order valence-electron chi connectivity index (χ0n) is 4.03. The molecule has 1 heterocycles. The molecule has 0 aromatic rings. The quantitative estimate of drug-likeness (QED) is 0.470. The first-order valence-electron chi connectivity index (χ1n) is 2.14. The summed E-state index contributed by atoms with van der Waals surface area (Å²) in [5, 5.41) is 0. The molecule has 0 N–H and O–H groups in total. The van der Waals surface area contributed by atoms with Gasteiger partial charge in [0, 0.05) is 6.08 Å². The summed E-state index contributed by atoms with van der Waals surface area (Å²) in [5.41, 5.74) is 0. The van der Waals surface area contributed by atoms with Crippen LogP contribution in [0.5, 0.6) is 0 Å². The van der Waals surface area contributed by atoms with Gasteiger partial charge in [-0.05, 0) is 6.08 Å². The minimum atomic E-state index is -0.730. The predicted molar refractivity (Wildman–Crippen MR) is 24.3 cm³/mol. The average molecular weight is 118 g/mol. The van der Waals surface area contributed by atoms with Crippen LogP contribution in [0.3, 0.4) is 0 Å². The summed E-state index contributed by atoms with van der Waals surface area (Å²) in [6.45, 7) is -0.275. The minimum absolute atomic E-state index is 0.275. The zero-order chi connectivity index (χ0) is 5.98. The number of ether oxygens (including phenoxy) is 1. The molecule has 0 saturated carbocycles. The molecule has 0 atom stereocenters. The van der Waals surface area contributed by atoms with Crippen molar-refractivity contribution in [1.29, 1.82) is 0 Å². The summed E-state index contributed by atoms with van der Waals surface area (Å²) in [5.74, 6) is -0.452. The first kappa shape index (κ1) is 5.28. The smallest absolute Gasteiger partial charge is 0.273 e. The maximum atomic E-state index is 11.9. The van der Waals surface area contributed by atoms with Crippen LogP contribution < -0.4 is 0 Å². The van der Waals surface area contributed by atoms with E-state index >= 15 is 0 Å². The van der Waals surface area contributed by atoms with Gasteiger partial charge in [-0.2, -0.15) is 4.39 Å². The van der Waals surface area contributed by atoms with Crippen molar-refractivity contribution in [2.24, 2.45) is 0 Å². The van der Waals surface area contributed by atoms with Gasteiger partial charge in [-0.3, -0.25) is 0 Å². The highest BCUT2D eigenvalue weighted by atomic mass is 19.1.